The molecule has 0 saturated carbocycles. The van der Waals surface area contributed by atoms with E-state index < -0.39 is 0 Å². The van der Waals surface area contributed by atoms with Crippen molar-refractivity contribution in [3.8, 4) is 0 Å². The summed E-state index contributed by atoms with van der Waals surface area (Å²) in [6.07, 6.45) is 2.20. The van der Waals surface area contributed by atoms with E-state index in [0.29, 0.717) is 6.54 Å². The number of rotatable bonds is 3. The van der Waals surface area contributed by atoms with Crippen LogP contribution in [-0.4, -0.2) is 41.8 Å². The zero-order chi connectivity index (χ0) is 9.84. The maximum atomic E-state index is 9.60. The van der Waals surface area contributed by atoms with Crippen LogP contribution in [0.4, 0.5) is 0 Å². The summed E-state index contributed by atoms with van der Waals surface area (Å²) in [6.45, 7) is 6.93. The van der Waals surface area contributed by atoms with Crippen molar-refractivity contribution < 1.29 is 5.11 Å². The Labute approximate surface area is 80.9 Å². The average Bonchev–Trinajstić information content (AvgIpc) is 2.15. The van der Waals surface area contributed by atoms with Crippen molar-refractivity contribution in [1.82, 2.24) is 4.90 Å². The Hall–Kier alpha value is -0.120. The fraction of sp³-hybridized carbons (Fsp3) is 1.00. The highest BCUT2D eigenvalue weighted by atomic mass is 16.3. The summed E-state index contributed by atoms with van der Waals surface area (Å²) in [5.41, 5.74) is 5.44. The second-order valence-corrected chi connectivity index (χ2v) is 4.29. The molecule has 3 N–H and O–H groups in total. The minimum Gasteiger partial charge on any atom is -0.390 e. The zero-order valence-corrected chi connectivity index (χ0v) is 8.74. The van der Waals surface area contributed by atoms with Gasteiger partial charge in [0.25, 0.3) is 0 Å². The Morgan fingerprint density at radius 2 is 2.31 bits per heavy atom. The molecule has 0 aromatic heterocycles. The van der Waals surface area contributed by atoms with E-state index in [0.717, 1.165) is 19.0 Å². The van der Waals surface area contributed by atoms with Gasteiger partial charge >= 0.3 is 0 Å². The van der Waals surface area contributed by atoms with Crippen molar-refractivity contribution in [2.75, 3.05) is 19.6 Å². The maximum absolute atomic E-state index is 9.60. The molecule has 1 aliphatic heterocycles. The quantitative estimate of drug-likeness (QED) is 0.672. The lowest BCUT2D eigenvalue weighted by Gasteiger charge is -2.37. The summed E-state index contributed by atoms with van der Waals surface area (Å²) < 4.78 is 0. The van der Waals surface area contributed by atoms with Gasteiger partial charge in [-0.25, -0.2) is 0 Å². The van der Waals surface area contributed by atoms with Gasteiger partial charge in [0, 0.05) is 19.1 Å². The standard InChI is InChI=1S/C10H22N2O/c1-8-4-3-5-12(7-8)9(2)10(13)6-11/h8-10,13H,3-7,11H2,1-2H3. The lowest BCUT2D eigenvalue weighted by Crippen LogP contribution is -2.48. The van der Waals surface area contributed by atoms with E-state index in [2.05, 4.69) is 18.7 Å². The number of hydrogen-bond acceptors (Lipinski definition) is 3. The summed E-state index contributed by atoms with van der Waals surface area (Å²) in [7, 11) is 0. The van der Waals surface area contributed by atoms with Crippen LogP contribution in [0.3, 0.4) is 0 Å². The molecule has 0 radical (unpaired) electrons. The van der Waals surface area contributed by atoms with Crippen LogP contribution >= 0.6 is 0 Å². The van der Waals surface area contributed by atoms with Gasteiger partial charge in [-0.05, 0) is 32.2 Å². The molecule has 0 aliphatic carbocycles. The predicted octanol–water partition coefficient (Wildman–Crippen LogP) is 0.426. The molecular formula is C10H22N2O. The van der Waals surface area contributed by atoms with Gasteiger partial charge < -0.3 is 10.8 Å². The molecule has 78 valence electrons. The van der Waals surface area contributed by atoms with E-state index in [1.165, 1.54) is 12.8 Å². The number of hydrogen-bond donors (Lipinski definition) is 2. The van der Waals surface area contributed by atoms with Crippen molar-refractivity contribution in [3.63, 3.8) is 0 Å². The number of piperidine rings is 1. The molecule has 0 spiro atoms. The summed E-state index contributed by atoms with van der Waals surface area (Å²) in [6, 6.07) is 0.216. The van der Waals surface area contributed by atoms with Crippen LogP contribution in [-0.2, 0) is 0 Å². The average molecular weight is 186 g/mol. The zero-order valence-electron chi connectivity index (χ0n) is 8.74. The topological polar surface area (TPSA) is 49.5 Å². The number of aliphatic hydroxyl groups is 1. The first-order chi connectivity index (χ1) is 6.15. The summed E-state index contributed by atoms with van der Waals surface area (Å²) in [5.74, 6) is 0.765. The smallest absolute Gasteiger partial charge is 0.0814 e. The second kappa shape index (κ2) is 4.94. The molecule has 0 aromatic rings. The minimum absolute atomic E-state index is 0.216. The molecule has 0 bridgehead atoms. The van der Waals surface area contributed by atoms with E-state index in [9.17, 15) is 5.11 Å². The Bertz CT molecular complexity index is 152. The summed E-state index contributed by atoms with van der Waals surface area (Å²) in [4.78, 5) is 2.35. The predicted molar refractivity (Wildman–Crippen MR) is 54.5 cm³/mol. The van der Waals surface area contributed by atoms with Gasteiger partial charge in [0.1, 0.15) is 0 Å². The molecule has 1 heterocycles. The number of nitrogens with two attached hydrogens (primary N) is 1. The largest absolute Gasteiger partial charge is 0.390 e. The highest BCUT2D eigenvalue weighted by Gasteiger charge is 2.24. The molecule has 1 saturated heterocycles. The van der Waals surface area contributed by atoms with Crippen LogP contribution in [0, 0.1) is 5.92 Å². The van der Waals surface area contributed by atoms with E-state index >= 15 is 0 Å². The van der Waals surface area contributed by atoms with Crippen LogP contribution in [0.15, 0.2) is 0 Å². The van der Waals surface area contributed by atoms with Crippen LogP contribution in [0.2, 0.25) is 0 Å². The van der Waals surface area contributed by atoms with E-state index in [1.54, 1.807) is 0 Å². The Morgan fingerprint density at radius 3 is 2.85 bits per heavy atom. The fourth-order valence-electron chi connectivity index (χ4n) is 2.04. The third kappa shape index (κ3) is 2.93. The first-order valence-electron chi connectivity index (χ1n) is 5.27. The summed E-state index contributed by atoms with van der Waals surface area (Å²) >= 11 is 0. The van der Waals surface area contributed by atoms with Gasteiger partial charge in [-0.15, -0.1) is 0 Å². The lowest BCUT2D eigenvalue weighted by molar-refractivity contribution is 0.0408. The molecule has 0 aromatic carbocycles. The van der Waals surface area contributed by atoms with Crippen molar-refractivity contribution >= 4 is 0 Å². The van der Waals surface area contributed by atoms with Crippen LogP contribution < -0.4 is 5.73 Å². The van der Waals surface area contributed by atoms with Gasteiger partial charge in [-0.2, -0.15) is 0 Å². The van der Waals surface area contributed by atoms with Crippen LogP contribution in [0.25, 0.3) is 0 Å². The van der Waals surface area contributed by atoms with Gasteiger partial charge in [0.15, 0.2) is 0 Å². The molecule has 1 rings (SSSR count). The molecule has 0 amide bonds. The third-order valence-electron chi connectivity index (χ3n) is 3.06. The third-order valence-corrected chi connectivity index (χ3v) is 3.06. The minimum atomic E-state index is -0.370. The van der Waals surface area contributed by atoms with Gasteiger partial charge in [0.05, 0.1) is 6.10 Å². The molecule has 13 heavy (non-hydrogen) atoms. The normalized spacial score (nSPS) is 30.0. The van der Waals surface area contributed by atoms with Gasteiger partial charge in [-0.1, -0.05) is 6.92 Å². The molecule has 3 nitrogen and oxygen atoms in total. The molecular weight excluding hydrogens is 164 g/mol. The summed E-state index contributed by atoms with van der Waals surface area (Å²) in [5, 5.41) is 9.60. The maximum Gasteiger partial charge on any atom is 0.0814 e. The van der Waals surface area contributed by atoms with Crippen molar-refractivity contribution in [3.05, 3.63) is 0 Å². The van der Waals surface area contributed by atoms with E-state index in [4.69, 9.17) is 5.73 Å². The van der Waals surface area contributed by atoms with E-state index in [1.807, 2.05) is 0 Å². The molecule has 3 atom stereocenters. The Kier molecular flexibility index (Phi) is 4.16. The first-order valence-corrected chi connectivity index (χ1v) is 5.27. The van der Waals surface area contributed by atoms with Crippen molar-refractivity contribution in [2.45, 2.75) is 38.8 Å². The Balaban J connectivity index is 2.41. The lowest BCUT2D eigenvalue weighted by atomic mass is 9.98. The van der Waals surface area contributed by atoms with Gasteiger partial charge in [0.2, 0.25) is 0 Å². The number of aliphatic hydroxyl groups excluding tert-OH is 1. The first kappa shape index (κ1) is 11.0. The van der Waals surface area contributed by atoms with Crippen LogP contribution in [0.5, 0.6) is 0 Å². The second-order valence-electron chi connectivity index (χ2n) is 4.29. The van der Waals surface area contributed by atoms with Crippen molar-refractivity contribution in [1.29, 1.82) is 0 Å². The monoisotopic (exact) mass is 186 g/mol. The molecule has 1 fully saturated rings. The molecule has 3 unspecified atom stereocenters. The van der Waals surface area contributed by atoms with Crippen LogP contribution in [0.1, 0.15) is 26.7 Å². The Morgan fingerprint density at radius 1 is 1.62 bits per heavy atom. The van der Waals surface area contributed by atoms with E-state index in [-0.39, 0.29) is 12.1 Å². The highest BCUT2D eigenvalue weighted by Crippen LogP contribution is 2.18. The van der Waals surface area contributed by atoms with Gasteiger partial charge in [-0.3, -0.25) is 4.90 Å². The fourth-order valence-corrected chi connectivity index (χ4v) is 2.04. The number of likely N-dealkylation sites (tertiary alicyclic amines) is 1. The SMILES string of the molecule is CC1CCCN(C(C)C(O)CN)C1. The molecule has 1 aliphatic rings. The van der Waals surface area contributed by atoms with Crippen molar-refractivity contribution in [2.24, 2.45) is 11.7 Å². The number of nitrogens with zero attached hydrogens (tertiary/aromatic N) is 1. The molecule has 3 heteroatoms. The highest BCUT2D eigenvalue weighted by molar-refractivity contribution is 4.79.